The number of nitrogens with zero attached hydrogens (tertiary/aromatic N) is 1. The minimum atomic E-state index is -0.920. The molecule has 0 unspecified atom stereocenters. The Morgan fingerprint density at radius 1 is 1.04 bits per heavy atom. The first-order chi connectivity index (χ1) is 12.6. The topological polar surface area (TPSA) is 66.8 Å². The molecule has 136 valence electrons. The Balaban J connectivity index is 1.72. The van der Waals surface area contributed by atoms with Gasteiger partial charge >= 0.3 is 5.97 Å². The van der Waals surface area contributed by atoms with Gasteiger partial charge in [-0.15, -0.1) is 0 Å². The van der Waals surface area contributed by atoms with Crippen molar-refractivity contribution in [3.63, 3.8) is 0 Å². The highest BCUT2D eigenvalue weighted by atomic mass is 16.5. The van der Waals surface area contributed by atoms with Crippen LogP contribution in [0.15, 0.2) is 54.6 Å². The maximum atomic E-state index is 12.7. The number of amides is 1. The van der Waals surface area contributed by atoms with Gasteiger partial charge in [-0.1, -0.05) is 30.3 Å². The van der Waals surface area contributed by atoms with E-state index in [1.165, 1.54) is 0 Å². The van der Waals surface area contributed by atoms with Crippen molar-refractivity contribution in [3.8, 4) is 5.75 Å². The average Bonchev–Trinajstić information content (AvgIpc) is 2.69. The lowest BCUT2D eigenvalue weighted by molar-refractivity contribution is -0.145. The van der Waals surface area contributed by atoms with E-state index in [0.29, 0.717) is 38.1 Å². The monoisotopic (exact) mass is 353 g/mol. The third-order valence-electron chi connectivity index (χ3n) is 5.05. The molecule has 1 amide bonds. The molecule has 3 rings (SSSR count). The van der Waals surface area contributed by atoms with E-state index in [0.717, 1.165) is 11.3 Å². The minimum absolute atomic E-state index is 0.0694. The molecule has 1 heterocycles. The average molecular weight is 353 g/mol. The smallest absolute Gasteiger partial charge is 0.314 e. The zero-order valence-electron chi connectivity index (χ0n) is 14.9. The Morgan fingerprint density at radius 3 is 2.19 bits per heavy atom. The van der Waals surface area contributed by atoms with Crippen LogP contribution in [0.4, 0.5) is 0 Å². The van der Waals surface area contributed by atoms with E-state index in [1.54, 1.807) is 29.2 Å². The summed E-state index contributed by atoms with van der Waals surface area (Å²) in [5, 5.41) is 9.85. The van der Waals surface area contributed by atoms with Gasteiger partial charge in [-0.3, -0.25) is 9.59 Å². The number of aliphatic carboxylic acids is 1. The maximum absolute atomic E-state index is 12.7. The van der Waals surface area contributed by atoms with Crippen molar-refractivity contribution in [2.45, 2.75) is 25.2 Å². The van der Waals surface area contributed by atoms with Crippen LogP contribution in [0.25, 0.3) is 0 Å². The van der Waals surface area contributed by atoms with Crippen LogP contribution in [0, 0.1) is 0 Å². The lowest BCUT2D eigenvalue weighted by atomic mass is 9.73. The van der Waals surface area contributed by atoms with Crippen molar-refractivity contribution in [1.82, 2.24) is 4.90 Å². The molecule has 0 radical (unpaired) electrons. The fourth-order valence-electron chi connectivity index (χ4n) is 3.52. The number of hydrogen-bond acceptors (Lipinski definition) is 3. The molecule has 0 bridgehead atoms. The molecule has 2 aromatic rings. The van der Waals surface area contributed by atoms with Gasteiger partial charge in [0, 0.05) is 18.7 Å². The standard InChI is InChI=1S/C21H23NO4/c1-2-26-18-10-8-16(9-11-18)19(23)22-14-12-21(13-15-22,20(24)25)17-6-4-3-5-7-17/h3-11H,2,12-15H2,1H3,(H,24,25). The summed E-state index contributed by atoms with van der Waals surface area (Å²) in [6.45, 7) is 3.34. The molecule has 0 aliphatic carbocycles. The van der Waals surface area contributed by atoms with Crippen molar-refractivity contribution in [2.75, 3.05) is 19.7 Å². The van der Waals surface area contributed by atoms with E-state index in [1.807, 2.05) is 37.3 Å². The van der Waals surface area contributed by atoms with E-state index in [4.69, 9.17) is 4.74 Å². The fourth-order valence-corrected chi connectivity index (χ4v) is 3.52. The molecular formula is C21H23NO4. The minimum Gasteiger partial charge on any atom is -0.494 e. The first-order valence-corrected chi connectivity index (χ1v) is 8.88. The molecule has 1 aliphatic heterocycles. The molecule has 1 saturated heterocycles. The lowest BCUT2D eigenvalue weighted by Crippen LogP contribution is -2.49. The van der Waals surface area contributed by atoms with Gasteiger partial charge in [0.25, 0.3) is 5.91 Å². The van der Waals surface area contributed by atoms with E-state index in [2.05, 4.69) is 0 Å². The molecule has 0 atom stereocenters. The van der Waals surface area contributed by atoms with Crippen molar-refractivity contribution >= 4 is 11.9 Å². The van der Waals surface area contributed by atoms with Crippen LogP contribution in [0.1, 0.15) is 35.7 Å². The summed E-state index contributed by atoms with van der Waals surface area (Å²) in [7, 11) is 0. The second-order valence-electron chi connectivity index (χ2n) is 6.50. The Kier molecular flexibility index (Phi) is 5.26. The summed E-state index contributed by atoms with van der Waals surface area (Å²) in [5.74, 6) is -0.159. The normalized spacial score (nSPS) is 16.1. The number of likely N-dealkylation sites (tertiary alicyclic amines) is 1. The lowest BCUT2D eigenvalue weighted by Gasteiger charge is -2.39. The molecule has 5 nitrogen and oxygen atoms in total. The van der Waals surface area contributed by atoms with Crippen molar-refractivity contribution in [2.24, 2.45) is 0 Å². The van der Waals surface area contributed by atoms with Gasteiger partial charge in [-0.25, -0.2) is 0 Å². The second kappa shape index (κ2) is 7.60. The van der Waals surface area contributed by atoms with E-state index in [-0.39, 0.29) is 5.91 Å². The predicted molar refractivity (Wildman–Crippen MR) is 98.5 cm³/mol. The van der Waals surface area contributed by atoms with Crippen LogP contribution in [0.2, 0.25) is 0 Å². The number of carbonyl (C=O) groups excluding carboxylic acids is 1. The highest BCUT2D eigenvalue weighted by molar-refractivity contribution is 5.94. The SMILES string of the molecule is CCOc1ccc(C(=O)N2CCC(C(=O)O)(c3ccccc3)CC2)cc1. The van der Waals surface area contributed by atoms with Crippen LogP contribution >= 0.6 is 0 Å². The predicted octanol–water partition coefficient (Wildman–Crippen LogP) is 3.34. The Morgan fingerprint density at radius 2 is 1.65 bits per heavy atom. The highest BCUT2D eigenvalue weighted by Crippen LogP contribution is 2.36. The molecule has 1 aliphatic rings. The molecule has 0 saturated carbocycles. The molecule has 0 spiro atoms. The van der Waals surface area contributed by atoms with Gasteiger partial charge in [-0.05, 0) is 49.6 Å². The van der Waals surface area contributed by atoms with Gasteiger partial charge in [0.05, 0.1) is 12.0 Å². The quantitative estimate of drug-likeness (QED) is 0.895. The first-order valence-electron chi connectivity index (χ1n) is 8.88. The van der Waals surface area contributed by atoms with E-state index >= 15 is 0 Å². The number of piperidine rings is 1. The zero-order valence-corrected chi connectivity index (χ0v) is 14.9. The second-order valence-corrected chi connectivity index (χ2v) is 6.50. The highest BCUT2D eigenvalue weighted by Gasteiger charge is 2.43. The van der Waals surface area contributed by atoms with E-state index < -0.39 is 11.4 Å². The van der Waals surface area contributed by atoms with Gasteiger partial charge < -0.3 is 14.7 Å². The van der Waals surface area contributed by atoms with Crippen molar-refractivity contribution in [3.05, 3.63) is 65.7 Å². The van der Waals surface area contributed by atoms with Crippen LogP contribution < -0.4 is 4.74 Å². The molecule has 26 heavy (non-hydrogen) atoms. The van der Waals surface area contributed by atoms with Gasteiger partial charge in [0.1, 0.15) is 5.75 Å². The Bertz CT molecular complexity index is 762. The molecule has 2 aromatic carbocycles. The van der Waals surface area contributed by atoms with Crippen molar-refractivity contribution < 1.29 is 19.4 Å². The number of carboxylic acid groups (broad SMARTS) is 1. The number of carbonyl (C=O) groups is 2. The summed E-state index contributed by atoms with van der Waals surface area (Å²) in [4.78, 5) is 26.5. The number of ether oxygens (including phenoxy) is 1. The maximum Gasteiger partial charge on any atom is 0.314 e. The summed E-state index contributed by atoms with van der Waals surface area (Å²) in [5.41, 5.74) is 0.480. The molecular weight excluding hydrogens is 330 g/mol. The largest absolute Gasteiger partial charge is 0.494 e. The number of rotatable bonds is 5. The Hall–Kier alpha value is -2.82. The van der Waals surface area contributed by atoms with Crippen LogP contribution in [-0.4, -0.2) is 41.6 Å². The molecule has 0 aromatic heterocycles. The van der Waals surface area contributed by atoms with Crippen LogP contribution in [0.5, 0.6) is 5.75 Å². The van der Waals surface area contributed by atoms with Gasteiger partial charge in [0.15, 0.2) is 0 Å². The van der Waals surface area contributed by atoms with Gasteiger partial charge in [-0.2, -0.15) is 0 Å². The van der Waals surface area contributed by atoms with E-state index in [9.17, 15) is 14.7 Å². The number of hydrogen-bond donors (Lipinski definition) is 1. The number of carboxylic acids is 1. The first kappa shape index (κ1) is 18.0. The summed E-state index contributed by atoms with van der Waals surface area (Å²) in [6.07, 6.45) is 0.824. The van der Waals surface area contributed by atoms with Crippen LogP contribution in [0.3, 0.4) is 0 Å². The summed E-state index contributed by atoms with van der Waals surface area (Å²) < 4.78 is 5.40. The summed E-state index contributed by atoms with van der Waals surface area (Å²) in [6, 6.07) is 16.4. The van der Waals surface area contributed by atoms with Crippen molar-refractivity contribution in [1.29, 1.82) is 0 Å². The third-order valence-corrected chi connectivity index (χ3v) is 5.05. The third kappa shape index (κ3) is 3.43. The Labute approximate surface area is 153 Å². The van der Waals surface area contributed by atoms with Crippen LogP contribution in [-0.2, 0) is 10.2 Å². The molecule has 5 heteroatoms. The number of benzene rings is 2. The molecule has 1 N–H and O–H groups in total. The zero-order chi connectivity index (χ0) is 18.6. The van der Waals surface area contributed by atoms with Gasteiger partial charge in [0.2, 0.25) is 0 Å². The molecule has 1 fully saturated rings. The fraction of sp³-hybridized carbons (Fsp3) is 0.333. The summed E-state index contributed by atoms with van der Waals surface area (Å²) >= 11 is 0.